The molecule has 4 rings (SSSR count). The molecule has 35 heavy (non-hydrogen) atoms. The van der Waals surface area contributed by atoms with Crippen molar-refractivity contribution in [3.8, 4) is 11.5 Å². The van der Waals surface area contributed by atoms with Crippen molar-refractivity contribution in [2.24, 2.45) is 0 Å². The van der Waals surface area contributed by atoms with Crippen molar-refractivity contribution in [3.63, 3.8) is 0 Å². The molecule has 0 bridgehead atoms. The molecule has 2 heterocycles. The molecule has 2 aromatic rings. The van der Waals surface area contributed by atoms with E-state index < -0.39 is 0 Å². The van der Waals surface area contributed by atoms with Gasteiger partial charge in [0.25, 0.3) is 0 Å². The van der Waals surface area contributed by atoms with Gasteiger partial charge < -0.3 is 19.3 Å². The summed E-state index contributed by atoms with van der Waals surface area (Å²) in [6, 6.07) is 15.5. The molecule has 0 N–H and O–H groups in total. The van der Waals surface area contributed by atoms with Crippen molar-refractivity contribution in [3.05, 3.63) is 59.7 Å². The molecule has 0 saturated carbocycles. The Kier molecular flexibility index (Phi) is 8.32. The normalized spacial score (nSPS) is 17.3. The number of hydrogen-bond donors (Lipinski definition) is 0. The summed E-state index contributed by atoms with van der Waals surface area (Å²) in [6.45, 7) is 7.40. The lowest BCUT2D eigenvalue weighted by atomic mass is 9.78. The summed E-state index contributed by atoms with van der Waals surface area (Å²) in [5.74, 6) is 1.13. The van der Waals surface area contributed by atoms with E-state index in [2.05, 4.69) is 13.8 Å². The predicted octanol–water partition coefficient (Wildman–Crippen LogP) is 6.76. The Morgan fingerprint density at radius 2 is 0.886 bits per heavy atom. The maximum absolute atomic E-state index is 12.5. The zero-order valence-corrected chi connectivity index (χ0v) is 21.1. The number of amides is 2. The topological polar surface area (TPSA) is 59.1 Å². The van der Waals surface area contributed by atoms with E-state index in [4.69, 9.17) is 9.47 Å². The molecule has 0 spiro atoms. The van der Waals surface area contributed by atoms with E-state index in [1.807, 2.05) is 58.3 Å². The molecule has 2 aliphatic heterocycles. The lowest BCUT2D eigenvalue weighted by molar-refractivity contribution is 0.153. The second-order valence-electron chi connectivity index (χ2n) is 10.2. The number of nitrogens with zero attached hydrogens (tertiary/aromatic N) is 2. The molecule has 0 radical (unpaired) electrons. The minimum atomic E-state index is -0.263. The van der Waals surface area contributed by atoms with Gasteiger partial charge in [0.15, 0.2) is 0 Å². The molecule has 188 valence electrons. The molecular weight excluding hydrogens is 440 g/mol. The fourth-order valence-corrected chi connectivity index (χ4v) is 4.88. The fraction of sp³-hybridized carbons (Fsp3) is 0.517. The van der Waals surface area contributed by atoms with Gasteiger partial charge in [-0.15, -0.1) is 0 Å². The van der Waals surface area contributed by atoms with E-state index in [0.29, 0.717) is 11.5 Å². The Hall–Kier alpha value is -3.02. The van der Waals surface area contributed by atoms with Crippen molar-refractivity contribution in [1.29, 1.82) is 0 Å². The van der Waals surface area contributed by atoms with Crippen LogP contribution in [0.1, 0.15) is 76.3 Å². The van der Waals surface area contributed by atoms with Crippen molar-refractivity contribution < 1.29 is 19.1 Å². The number of carbonyl (C=O) groups excluding carboxylic acids is 2. The molecule has 2 saturated heterocycles. The molecule has 0 unspecified atom stereocenters. The Balaban J connectivity index is 1.36. The smallest absolute Gasteiger partial charge is 0.410 e. The van der Waals surface area contributed by atoms with Crippen LogP contribution in [-0.2, 0) is 5.41 Å². The average Bonchev–Trinajstić information content (AvgIpc) is 3.31. The monoisotopic (exact) mass is 478 g/mol. The minimum Gasteiger partial charge on any atom is -0.410 e. The summed E-state index contributed by atoms with van der Waals surface area (Å²) in [4.78, 5) is 28.7. The summed E-state index contributed by atoms with van der Waals surface area (Å²) < 4.78 is 11.3. The highest BCUT2D eigenvalue weighted by Crippen LogP contribution is 2.33. The molecule has 2 amide bonds. The van der Waals surface area contributed by atoms with Gasteiger partial charge in [-0.3, -0.25) is 0 Å². The van der Waals surface area contributed by atoms with Gasteiger partial charge in [0.2, 0.25) is 0 Å². The van der Waals surface area contributed by atoms with Crippen LogP contribution < -0.4 is 9.47 Å². The predicted molar refractivity (Wildman–Crippen MR) is 137 cm³/mol. The first-order chi connectivity index (χ1) is 16.9. The minimum absolute atomic E-state index is 0.260. The number of rotatable bonds is 4. The number of benzene rings is 2. The molecular formula is C29H38N2O4. The molecule has 6 nitrogen and oxygen atoms in total. The summed E-state index contributed by atoms with van der Waals surface area (Å²) in [5.41, 5.74) is 1.96. The largest absolute Gasteiger partial charge is 0.415 e. The molecule has 2 fully saturated rings. The molecule has 0 aliphatic carbocycles. The van der Waals surface area contributed by atoms with Gasteiger partial charge in [0.1, 0.15) is 11.5 Å². The highest BCUT2D eigenvalue weighted by atomic mass is 16.6. The van der Waals surface area contributed by atoms with Crippen molar-refractivity contribution in [1.82, 2.24) is 9.80 Å². The zero-order chi connectivity index (χ0) is 24.7. The van der Waals surface area contributed by atoms with E-state index in [-0.39, 0.29) is 17.6 Å². The van der Waals surface area contributed by atoms with Gasteiger partial charge in [-0.1, -0.05) is 63.8 Å². The van der Waals surface area contributed by atoms with Crippen LogP contribution in [0.2, 0.25) is 0 Å². The van der Waals surface area contributed by atoms with Gasteiger partial charge >= 0.3 is 12.2 Å². The summed E-state index contributed by atoms with van der Waals surface area (Å²) in [5, 5.41) is 0. The molecule has 0 atom stereocenters. The number of hydrogen-bond acceptors (Lipinski definition) is 4. The van der Waals surface area contributed by atoms with Gasteiger partial charge in [-0.05, 0) is 61.1 Å². The third kappa shape index (κ3) is 6.56. The Morgan fingerprint density at radius 1 is 0.571 bits per heavy atom. The highest BCUT2D eigenvalue weighted by Gasteiger charge is 2.24. The first-order valence-electron chi connectivity index (χ1n) is 13.1. The SMILES string of the molecule is CC(C)(c1ccc(OC(=O)N2CCCCCC2)cc1)c1ccc(OC(=O)N2CCCCCC2)cc1. The van der Waals surface area contributed by atoms with E-state index >= 15 is 0 Å². The second kappa shape index (κ2) is 11.6. The van der Waals surface area contributed by atoms with Crippen molar-refractivity contribution >= 4 is 12.2 Å². The van der Waals surface area contributed by atoms with E-state index in [0.717, 1.165) is 63.0 Å². The fourth-order valence-electron chi connectivity index (χ4n) is 4.88. The molecule has 2 aliphatic rings. The maximum atomic E-state index is 12.5. The quantitative estimate of drug-likeness (QED) is 0.487. The number of likely N-dealkylation sites (tertiary alicyclic amines) is 2. The lowest BCUT2D eigenvalue weighted by Gasteiger charge is -2.27. The second-order valence-corrected chi connectivity index (χ2v) is 10.2. The van der Waals surface area contributed by atoms with Crippen LogP contribution in [0.15, 0.2) is 48.5 Å². The average molecular weight is 479 g/mol. The zero-order valence-electron chi connectivity index (χ0n) is 21.1. The molecule has 6 heteroatoms. The maximum Gasteiger partial charge on any atom is 0.415 e. The van der Waals surface area contributed by atoms with Crippen LogP contribution in [0.4, 0.5) is 9.59 Å². The van der Waals surface area contributed by atoms with Crippen LogP contribution in [0.25, 0.3) is 0 Å². The highest BCUT2D eigenvalue weighted by molar-refractivity contribution is 5.71. The van der Waals surface area contributed by atoms with Crippen LogP contribution in [-0.4, -0.2) is 48.2 Å². The van der Waals surface area contributed by atoms with E-state index in [1.165, 1.54) is 25.7 Å². The third-order valence-corrected chi connectivity index (χ3v) is 7.29. The van der Waals surface area contributed by atoms with Crippen molar-refractivity contribution in [2.75, 3.05) is 26.2 Å². The van der Waals surface area contributed by atoms with Gasteiger partial charge in [-0.2, -0.15) is 0 Å². The van der Waals surface area contributed by atoms with E-state index in [9.17, 15) is 9.59 Å². The van der Waals surface area contributed by atoms with Crippen LogP contribution in [0, 0.1) is 0 Å². The lowest BCUT2D eigenvalue weighted by Crippen LogP contribution is -2.34. The molecule has 2 aromatic carbocycles. The summed E-state index contributed by atoms with van der Waals surface area (Å²) in [6.07, 6.45) is 8.34. The van der Waals surface area contributed by atoms with Gasteiger partial charge in [-0.25, -0.2) is 9.59 Å². The van der Waals surface area contributed by atoms with Crippen LogP contribution in [0.3, 0.4) is 0 Å². The first kappa shape index (κ1) is 25.1. The van der Waals surface area contributed by atoms with Crippen LogP contribution in [0.5, 0.6) is 11.5 Å². The molecule has 0 aromatic heterocycles. The Morgan fingerprint density at radius 3 is 1.20 bits per heavy atom. The third-order valence-electron chi connectivity index (χ3n) is 7.29. The van der Waals surface area contributed by atoms with Gasteiger partial charge in [0.05, 0.1) is 0 Å². The number of ether oxygens (including phenoxy) is 2. The number of carbonyl (C=O) groups is 2. The first-order valence-corrected chi connectivity index (χ1v) is 13.1. The Bertz CT molecular complexity index is 889. The standard InChI is InChI=1S/C29H38N2O4/c1-29(2,23-11-15-25(16-12-23)34-27(32)30-19-7-3-4-8-20-30)24-13-17-26(18-14-24)35-28(33)31-21-9-5-6-10-22-31/h11-18H,3-10,19-22H2,1-2H3. The van der Waals surface area contributed by atoms with E-state index in [1.54, 1.807) is 0 Å². The van der Waals surface area contributed by atoms with Crippen molar-refractivity contribution in [2.45, 2.75) is 70.6 Å². The van der Waals surface area contributed by atoms with Gasteiger partial charge in [0, 0.05) is 31.6 Å². The summed E-state index contributed by atoms with van der Waals surface area (Å²) in [7, 11) is 0. The Labute approximate surface area is 209 Å². The summed E-state index contributed by atoms with van der Waals surface area (Å²) >= 11 is 0. The van der Waals surface area contributed by atoms with Crippen LogP contribution >= 0.6 is 0 Å².